The number of anilines is 1. The molecule has 2 fully saturated rings. The standard InChI is InChI=1S/C34H36F3N3O3/c35-34(36,37)25-10-14-27(15-11-25)40-20-18-28(19-21-40)42-29-16-17-30-31(22-29)43-33(39-30)32(41)38-26-12-8-24(9-13-26)7-6-23-4-2-1-3-5-23/h1-5,10-11,14-17,22,24,26,28H,6-9,12-13,18-21H2,(H,38,41). The molecule has 9 heteroatoms. The lowest BCUT2D eigenvalue weighted by molar-refractivity contribution is -0.137. The Hall–Kier alpha value is -4.01. The Morgan fingerprint density at radius 3 is 2.35 bits per heavy atom. The second kappa shape index (κ2) is 12.7. The van der Waals surface area contributed by atoms with E-state index in [-0.39, 0.29) is 23.9 Å². The van der Waals surface area contributed by atoms with Gasteiger partial charge in [0.05, 0.1) is 5.56 Å². The van der Waals surface area contributed by atoms with E-state index in [2.05, 4.69) is 39.5 Å². The largest absolute Gasteiger partial charge is 0.490 e. The Kier molecular flexibility index (Phi) is 8.58. The van der Waals surface area contributed by atoms with Gasteiger partial charge in [-0.3, -0.25) is 4.79 Å². The van der Waals surface area contributed by atoms with E-state index < -0.39 is 11.7 Å². The molecule has 3 aromatic carbocycles. The molecule has 6 rings (SSSR count). The maximum Gasteiger partial charge on any atom is 0.416 e. The number of nitrogens with zero attached hydrogens (tertiary/aromatic N) is 2. The number of carbonyl (C=O) groups is 1. The highest BCUT2D eigenvalue weighted by atomic mass is 19.4. The molecule has 0 bridgehead atoms. The van der Waals surface area contributed by atoms with Crippen LogP contribution in [0.2, 0.25) is 0 Å². The van der Waals surface area contributed by atoms with Crippen LogP contribution in [0.25, 0.3) is 11.1 Å². The third-order valence-electron chi connectivity index (χ3n) is 8.72. The molecule has 1 saturated heterocycles. The van der Waals surface area contributed by atoms with Crippen molar-refractivity contribution in [3.8, 4) is 5.75 Å². The minimum absolute atomic E-state index is 0.0309. The summed E-state index contributed by atoms with van der Waals surface area (Å²) in [7, 11) is 0. The van der Waals surface area contributed by atoms with E-state index in [1.54, 1.807) is 12.1 Å². The molecule has 226 valence electrons. The minimum Gasteiger partial charge on any atom is -0.490 e. The van der Waals surface area contributed by atoms with Crippen LogP contribution in [0, 0.1) is 5.92 Å². The Morgan fingerprint density at radius 1 is 0.930 bits per heavy atom. The number of piperidine rings is 1. The van der Waals surface area contributed by atoms with Gasteiger partial charge in [-0.15, -0.1) is 0 Å². The van der Waals surface area contributed by atoms with Crippen molar-refractivity contribution in [2.45, 2.75) is 69.7 Å². The van der Waals surface area contributed by atoms with E-state index in [0.717, 1.165) is 62.8 Å². The van der Waals surface area contributed by atoms with Crippen LogP contribution < -0.4 is 15.0 Å². The predicted molar refractivity (Wildman–Crippen MR) is 159 cm³/mol. The molecule has 2 heterocycles. The zero-order valence-corrected chi connectivity index (χ0v) is 24.0. The van der Waals surface area contributed by atoms with Gasteiger partial charge < -0.3 is 19.4 Å². The summed E-state index contributed by atoms with van der Waals surface area (Å²) >= 11 is 0. The summed E-state index contributed by atoms with van der Waals surface area (Å²) < 4.78 is 50.6. The highest BCUT2D eigenvalue weighted by Gasteiger charge is 2.30. The number of aromatic nitrogens is 1. The Balaban J connectivity index is 0.970. The topological polar surface area (TPSA) is 67.6 Å². The molecule has 1 aromatic heterocycles. The fourth-order valence-electron chi connectivity index (χ4n) is 6.22. The van der Waals surface area contributed by atoms with Gasteiger partial charge in [0.1, 0.15) is 17.4 Å². The molecule has 43 heavy (non-hydrogen) atoms. The van der Waals surface area contributed by atoms with Gasteiger partial charge in [0.2, 0.25) is 0 Å². The highest BCUT2D eigenvalue weighted by Crippen LogP contribution is 2.32. The first-order valence-electron chi connectivity index (χ1n) is 15.1. The summed E-state index contributed by atoms with van der Waals surface area (Å²) in [6.45, 7) is 1.36. The van der Waals surface area contributed by atoms with Crippen LogP contribution in [0.1, 0.15) is 66.8 Å². The molecule has 1 N–H and O–H groups in total. The van der Waals surface area contributed by atoms with E-state index >= 15 is 0 Å². The summed E-state index contributed by atoms with van der Waals surface area (Å²) in [4.78, 5) is 19.4. The number of benzene rings is 3. The lowest BCUT2D eigenvalue weighted by Gasteiger charge is -2.33. The number of hydrogen-bond acceptors (Lipinski definition) is 5. The molecule has 2 aliphatic rings. The van der Waals surface area contributed by atoms with Crippen LogP contribution >= 0.6 is 0 Å². The van der Waals surface area contributed by atoms with Gasteiger partial charge in [-0.05, 0) is 86.4 Å². The first kappa shape index (κ1) is 29.1. The van der Waals surface area contributed by atoms with Gasteiger partial charge in [0, 0.05) is 43.7 Å². The van der Waals surface area contributed by atoms with E-state index in [1.807, 2.05) is 12.1 Å². The van der Waals surface area contributed by atoms with E-state index in [1.165, 1.54) is 24.1 Å². The maximum atomic E-state index is 12.9. The van der Waals surface area contributed by atoms with Crippen LogP contribution in [-0.2, 0) is 12.6 Å². The number of amides is 1. The molecule has 1 aliphatic heterocycles. The SMILES string of the molecule is O=C(NC1CCC(CCc2ccccc2)CC1)c1nc2ccc(OC3CCN(c4ccc(C(F)(F)F)cc4)CC3)cc2o1. The molecule has 1 saturated carbocycles. The molecule has 0 unspecified atom stereocenters. The monoisotopic (exact) mass is 591 g/mol. The highest BCUT2D eigenvalue weighted by molar-refractivity contribution is 5.92. The molecule has 0 spiro atoms. The van der Waals surface area contributed by atoms with Gasteiger partial charge in [-0.1, -0.05) is 30.3 Å². The van der Waals surface area contributed by atoms with Crippen molar-refractivity contribution in [2.75, 3.05) is 18.0 Å². The van der Waals surface area contributed by atoms with Gasteiger partial charge >= 0.3 is 12.1 Å². The van der Waals surface area contributed by atoms with Crippen LogP contribution in [0.3, 0.4) is 0 Å². The second-order valence-corrected chi connectivity index (χ2v) is 11.7. The number of ether oxygens (including phenoxy) is 1. The number of fused-ring (bicyclic) bond motifs is 1. The number of nitrogens with one attached hydrogen (secondary N) is 1. The first-order chi connectivity index (χ1) is 20.8. The second-order valence-electron chi connectivity index (χ2n) is 11.7. The van der Waals surface area contributed by atoms with Crippen molar-refractivity contribution < 1.29 is 27.1 Å². The molecular weight excluding hydrogens is 555 g/mol. The van der Waals surface area contributed by atoms with Crippen LogP contribution in [-0.4, -0.2) is 36.1 Å². The first-order valence-corrected chi connectivity index (χ1v) is 15.1. The van der Waals surface area contributed by atoms with Crippen molar-refractivity contribution in [3.05, 3.63) is 89.8 Å². The molecular formula is C34H36F3N3O3. The van der Waals surface area contributed by atoms with Gasteiger partial charge in [0.15, 0.2) is 5.58 Å². The maximum absolute atomic E-state index is 12.9. The van der Waals surface area contributed by atoms with E-state index in [4.69, 9.17) is 9.15 Å². The normalized spacial score (nSPS) is 19.8. The van der Waals surface area contributed by atoms with E-state index in [9.17, 15) is 18.0 Å². The number of aryl methyl sites for hydroxylation is 1. The summed E-state index contributed by atoms with van der Waals surface area (Å²) in [5.41, 5.74) is 2.60. The molecule has 0 radical (unpaired) electrons. The molecule has 1 aliphatic carbocycles. The molecule has 0 atom stereocenters. The van der Waals surface area contributed by atoms with Gasteiger partial charge in [-0.2, -0.15) is 13.2 Å². The average molecular weight is 592 g/mol. The van der Waals surface area contributed by atoms with Crippen molar-refractivity contribution in [3.63, 3.8) is 0 Å². The van der Waals surface area contributed by atoms with Gasteiger partial charge in [-0.25, -0.2) is 4.98 Å². The number of hydrogen-bond donors (Lipinski definition) is 1. The predicted octanol–water partition coefficient (Wildman–Crippen LogP) is 7.82. The third-order valence-corrected chi connectivity index (χ3v) is 8.72. The van der Waals surface area contributed by atoms with Crippen LogP contribution in [0.5, 0.6) is 5.75 Å². The fraction of sp³-hybridized carbons (Fsp3) is 0.412. The smallest absolute Gasteiger partial charge is 0.416 e. The molecule has 1 amide bonds. The number of halogens is 3. The van der Waals surface area contributed by atoms with Crippen LogP contribution in [0.4, 0.5) is 18.9 Å². The summed E-state index contributed by atoms with van der Waals surface area (Å²) in [6.07, 6.45) is 3.51. The third kappa shape index (κ3) is 7.32. The average Bonchev–Trinajstić information content (AvgIpc) is 3.45. The number of rotatable bonds is 8. The van der Waals surface area contributed by atoms with Crippen molar-refractivity contribution in [1.82, 2.24) is 10.3 Å². The number of oxazole rings is 1. The summed E-state index contributed by atoms with van der Waals surface area (Å²) in [5, 5.41) is 3.11. The fourth-order valence-corrected chi connectivity index (χ4v) is 6.22. The van der Waals surface area contributed by atoms with Crippen molar-refractivity contribution in [1.29, 1.82) is 0 Å². The number of alkyl halides is 3. The van der Waals surface area contributed by atoms with Crippen molar-refractivity contribution >= 4 is 22.7 Å². The quantitative estimate of drug-likeness (QED) is 0.226. The lowest BCUT2D eigenvalue weighted by atomic mass is 9.82. The summed E-state index contributed by atoms with van der Waals surface area (Å²) in [5.74, 6) is 1.09. The Bertz CT molecular complexity index is 1500. The Morgan fingerprint density at radius 2 is 1.65 bits per heavy atom. The van der Waals surface area contributed by atoms with E-state index in [0.29, 0.717) is 35.9 Å². The summed E-state index contributed by atoms with van der Waals surface area (Å²) in [6, 6.07) is 21.4. The number of carbonyl (C=O) groups excluding carboxylic acids is 1. The zero-order chi connectivity index (χ0) is 29.8. The van der Waals surface area contributed by atoms with Crippen molar-refractivity contribution in [2.24, 2.45) is 5.92 Å². The Labute approximate surface area is 249 Å². The minimum atomic E-state index is -4.34. The lowest BCUT2D eigenvalue weighted by Crippen LogP contribution is -2.38. The zero-order valence-electron chi connectivity index (χ0n) is 24.0. The molecule has 6 nitrogen and oxygen atoms in total. The van der Waals surface area contributed by atoms with Crippen LogP contribution in [0.15, 0.2) is 77.2 Å². The van der Waals surface area contributed by atoms with Gasteiger partial charge in [0.25, 0.3) is 5.89 Å². The molecule has 4 aromatic rings.